The van der Waals surface area contributed by atoms with Crippen molar-refractivity contribution < 1.29 is 33.9 Å². The number of nitrogens with zero attached hydrogens (tertiary/aromatic N) is 3. The zero-order valence-electron chi connectivity index (χ0n) is 19.7. The Kier molecular flexibility index (Phi) is 8.20. The van der Waals surface area contributed by atoms with Gasteiger partial charge in [0.15, 0.2) is 0 Å². The summed E-state index contributed by atoms with van der Waals surface area (Å²) in [6.45, 7) is 0.0692. The summed E-state index contributed by atoms with van der Waals surface area (Å²) in [6, 6.07) is 9.80. The lowest BCUT2D eigenvalue weighted by Gasteiger charge is -2.25. The molecule has 0 radical (unpaired) electrons. The van der Waals surface area contributed by atoms with Crippen molar-refractivity contribution in [2.75, 3.05) is 14.1 Å². The lowest BCUT2D eigenvalue weighted by atomic mass is 10.0. The van der Waals surface area contributed by atoms with Crippen LogP contribution >= 0.6 is 0 Å². The van der Waals surface area contributed by atoms with Gasteiger partial charge in [-0.2, -0.15) is 0 Å². The minimum atomic E-state index is -1.25. The fourth-order valence-electron chi connectivity index (χ4n) is 3.71. The molecule has 12 nitrogen and oxygen atoms in total. The molecule has 3 amide bonds. The Labute approximate surface area is 206 Å². The average molecular weight is 498 g/mol. The molecule has 2 aromatic rings. The molecule has 1 saturated heterocycles. The highest BCUT2D eigenvalue weighted by atomic mass is 16.6. The van der Waals surface area contributed by atoms with Crippen LogP contribution in [0.5, 0.6) is 5.75 Å². The van der Waals surface area contributed by atoms with Crippen LogP contribution in [0.25, 0.3) is 0 Å². The molecule has 3 rings (SSSR count). The third-order valence-electron chi connectivity index (χ3n) is 5.68. The van der Waals surface area contributed by atoms with Crippen molar-refractivity contribution in [2.45, 2.75) is 37.9 Å². The molecule has 1 aliphatic heterocycles. The van der Waals surface area contributed by atoms with Crippen LogP contribution in [0, 0.1) is 10.1 Å². The molecular formula is C24H26N4O8. The molecule has 1 fully saturated rings. The number of hydrogen-bond donors (Lipinski definition) is 2. The second-order valence-corrected chi connectivity index (χ2v) is 8.51. The van der Waals surface area contributed by atoms with Gasteiger partial charge in [0, 0.05) is 45.6 Å². The highest BCUT2D eigenvalue weighted by Gasteiger charge is 2.37. The molecule has 0 bridgehead atoms. The molecule has 0 saturated carbocycles. The minimum absolute atomic E-state index is 0.0218. The van der Waals surface area contributed by atoms with E-state index in [-0.39, 0.29) is 37.4 Å². The van der Waals surface area contributed by atoms with Crippen molar-refractivity contribution in [1.29, 1.82) is 0 Å². The highest BCUT2D eigenvalue weighted by Crippen LogP contribution is 2.23. The van der Waals surface area contributed by atoms with Gasteiger partial charge in [0.2, 0.25) is 11.8 Å². The highest BCUT2D eigenvalue weighted by molar-refractivity contribution is 5.93. The number of carboxylic acids is 1. The molecule has 1 aliphatic rings. The third-order valence-corrected chi connectivity index (χ3v) is 5.68. The smallest absolute Gasteiger partial charge is 0.414 e. The monoisotopic (exact) mass is 498 g/mol. The Morgan fingerprint density at radius 1 is 1.14 bits per heavy atom. The number of hydrogen-bond acceptors (Lipinski definition) is 7. The van der Waals surface area contributed by atoms with Gasteiger partial charge >= 0.3 is 12.1 Å². The Hall–Kier alpha value is -4.48. The number of carbonyl (C=O) groups excluding carboxylic acids is 3. The van der Waals surface area contributed by atoms with Gasteiger partial charge in [0.1, 0.15) is 17.8 Å². The zero-order chi connectivity index (χ0) is 26.4. The number of aliphatic carboxylic acids is 1. The third kappa shape index (κ3) is 6.56. The number of nitrogens with one attached hydrogen (secondary N) is 1. The molecule has 1 heterocycles. The number of rotatable bonds is 9. The summed E-state index contributed by atoms with van der Waals surface area (Å²) in [5, 5.41) is 23.0. The van der Waals surface area contributed by atoms with Gasteiger partial charge < -0.3 is 25.0 Å². The number of carboxylic acid groups (broad SMARTS) is 1. The summed E-state index contributed by atoms with van der Waals surface area (Å²) in [5.74, 6) is -1.80. The summed E-state index contributed by atoms with van der Waals surface area (Å²) in [4.78, 5) is 61.8. The van der Waals surface area contributed by atoms with E-state index in [0.717, 1.165) is 0 Å². The van der Waals surface area contributed by atoms with Crippen LogP contribution in [0.1, 0.15) is 24.0 Å². The zero-order valence-corrected chi connectivity index (χ0v) is 19.7. The Balaban J connectivity index is 1.65. The summed E-state index contributed by atoms with van der Waals surface area (Å²) in [5.41, 5.74) is 1.12. The van der Waals surface area contributed by atoms with Crippen LogP contribution in [0.15, 0.2) is 48.5 Å². The lowest BCUT2D eigenvalue weighted by Crippen LogP contribution is -2.50. The summed E-state index contributed by atoms with van der Waals surface area (Å²) < 4.78 is 5.13. The molecule has 0 aromatic heterocycles. The minimum Gasteiger partial charge on any atom is -0.480 e. The first kappa shape index (κ1) is 26.1. The van der Waals surface area contributed by atoms with Gasteiger partial charge in [-0.05, 0) is 29.7 Å². The normalized spacial score (nSPS) is 15.8. The molecule has 0 unspecified atom stereocenters. The number of benzene rings is 2. The average Bonchev–Trinajstić information content (AvgIpc) is 3.20. The number of non-ortho nitro benzene ring substituents is 1. The van der Waals surface area contributed by atoms with Crippen LogP contribution in [0.2, 0.25) is 0 Å². The maximum absolute atomic E-state index is 13.0. The molecule has 2 N–H and O–H groups in total. The maximum atomic E-state index is 13.0. The standard InChI is InChI=1S/C24H26N4O8/c1-26(2)24(33)36-18-9-5-15(6-10-18)13-19(23(31)32)25-22(30)20-11-12-21(29)27(20)14-16-3-7-17(8-4-16)28(34)35/h3-10,19-20H,11-14H2,1-2H3,(H,25,30)(H,31,32)/t19-,20-/m0/s1. The van der Waals surface area contributed by atoms with E-state index < -0.39 is 35.0 Å². The summed E-state index contributed by atoms with van der Waals surface area (Å²) in [6.07, 6.45) is -0.208. The second kappa shape index (κ2) is 11.3. The quantitative estimate of drug-likeness (QED) is 0.392. The summed E-state index contributed by atoms with van der Waals surface area (Å²) in [7, 11) is 3.09. The summed E-state index contributed by atoms with van der Waals surface area (Å²) >= 11 is 0. The van der Waals surface area contributed by atoms with Crippen LogP contribution in [-0.4, -0.2) is 69.9 Å². The fraction of sp³-hybridized carbons (Fsp3) is 0.333. The first-order valence-electron chi connectivity index (χ1n) is 11.1. The van der Waals surface area contributed by atoms with Gasteiger partial charge in [0.25, 0.3) is 5.69 Å². The second-order valence-electron chi connectivity index (χ2n) is 8.51. The van der Waals surface area contributed by atoms with E-state index >= 15 is 0 Å². The molecule has 190 valence electrons. The van der Waals surface area contributed by atoms with E-state index in [2.05, 4.69) is 5.32 Å². The predicted molar refractivity (Wildman–Crippen MR) is 126 cm³/mol. The SMILES string of the molecule is CN(C)C(=O)Oc1ccc(C[C@H](NC(=O)[C@@H]2CCC(=O)N2Cc2ccc([N+](=O)[O-])cc2)C(=O)O)cc1. The van der Waals surface area contributed by atoms with Crippen molar-refractivity contribution in [2.24, 2.45) is 0 Å². The Morgan fingerprint density at radius 2 is 1.75 bits per heavy atom. The van der Waals surface area contributed by atoms with E-state index in [1.165, 1.54) is 46.2 Å². The van der Waals surface area contributed by atoms with Crippen molar-refractivity contribution in [3.8, 4) is 5.75 Å². The van der Waals surface area contributed by atoms with E-state index in [1.807, 2.05) is 0 Å². The first-order valence-corrected chi connectivity index (χ1v) is 11.1. The molecule has 2 aromatic carbocycles. The van der Waals surface area contributed by atoms with Gasteiger partial charge in [-0.1, -0.05) is 24.3 Å². The topological polar surface area (TPSA) is 159 Å². The van der Waals surface area contributed by atoms with Crippen LogP contribution in [-0.2, 0) is 27.3 Å². The van der Waals surface area contributed by atoms with Gasteiger partial charge in [-0.25, -0.2) is 9.59 Å². The van der Waals surface area contributed by atoms with Gasteiger partial charge in [-0.3, -0.25) is 19.7 Å². The number of likely N-dealkylation sites (tertiary alicyclic amines) is 1. The molecular weight excluding hydrogens is 472 g/mol. The van der Waals surface area contributed by atoms with E-state index in [4.69, 9.17) is 4.74 Å². The Bertz CT molecular complexity index is 1150. The van der Waals surface area contributed by atoms with E-state index in [0.29, 0.717) is 16.9 Å². The maximum Gasteiger partial charge on any atom is 0.414 e. The van der Waals surface area contributed by atoms with Crippen LogP contribution < -0.4 is 10.1 Å². The van der Waals surface area contributed by atoms with Crippen molar-refractivity contribution in [1.82, 2.24) is 15.1 Å². The number of nitro groups is 1. The molecule has 2 atom stereocenters. The van der Waals surface area contributed by atoms with Crippen molar-refractivity contribution in [3.63, 3.8) is 0 Å². The van der Waals surface area contributed by atoms with Crippen LogP contribution in [0.4, 0.5) is 10.5 Å². The van der Waals surface area contributed by atoms with E-state index in [9.17, 15) is 34.4 Å². The number of nitro benzene ring substituents is 1. The van der Waals surface area contributed by atoms with E-state index in [1.54, 1.807) is 26.2 Å². The fourth-order valence-corrected chi connectivity index (χ4v) is 3.71. The largest absolute Gasteiger partial charge is 0.480 e. The van der Waals surface area contributed by atoms with Crippen molar-refractivity contribution >= 4 is 29.6 Å². The predicted octanol–water partition coefficient (Wildman–Crippen LogP) is 1.96. The number of carbonyl (C=O) groups is 4. The lowest BCUT2D eigenvalue weighted by molar-refractivity contribution is -0.384. The number of amides is 3. The Morgan fingerprint density at radius 3 is 2.31 bits per heavy atom. The number of ether oxygens (including phenoxy) is 1. The van der Waals surface area contributed by atoms with Gasteiger partial charge in [-0.15, -0.1) is 0 Å². The molecule has 36 heavy (non-hydrogen) atoms. The van der Waals surface area contributed by atoms with Gasteiger partial charge in [0.05, 0.1) is 4.92 Å². The molecule has 0 spiro atoms. The van der Waals surface area contributed by atoms with Crippen LogP contribution in [0.3, 0.4) is 0 Å². The molecule has 12 heteroatoms. The van der Waals surface area contributed by atoms with Crippen molar-refractivity contribution in [3.05, 3.63) is 69.8 Å². The first-order chi connectivity index (χ1) is 17.0. The molecule has 0 aliphatic carbocycles.